The fourth-order valence-corrected chi connectivity index (χ4v) is 5.09. The van der Waals surface area contributed by atoms with Gasteiger partial charge < -0.3 is 10.6 Å². The molecule has 0 saturated heterocycles. The zero-order chi connectivity index (χ0) is 26.0. The first-order valence-electron chi connectivity index (χ1n) is 11.8. The Labute approximate surface area is 209 Å². The van der Waals surface area contributed by atoms with Crippen LogP contribution in [0.5, 0.6) is 0 Å². The number of rotatable bonds is 7. The van der Waals surface area contributed by atoms with Crippen molar-refractivity contribution in [3.8, 4) is 0 Å². The summed E-state index contributed by atoms with van der Waals surface area (Å²) in [5, 5.41) is 5.37. The smallest absolute Gasteiger partial charge is 0.353 e. The highest BCUT2D eigenvalue weighted by Gasteiger charge is 2.39. The van der Waals surface area contributed by atoms with E-state index >= 15 is 0 Å². The third-order valence-corrected chi connectivity index (χ3v) is 7.21. The molecule has 2 aliphatic carbocycles. The van der Waals surface area contributed by atoms with Crippen LogP contribution in [0.25, 0.3) is 0 Å². The van der Waals surface area contributed by atoms with Crippen molar-refractivity contribution in [3.05, 3.63) is 63.9 Å². The van der Waals surface area contributed by atoms with Crippen molar-refractivity contribution < 1.29 is 31.5 Å². The van der Waals surface area contributed by atoms with Crippen LogP contribution in [0.4, 0.5) is 22.0 Å². The van der Waals surface area contributed by atoms with Gasteiger partial charge in [0, 0.05) is 23.7 Å². The lowest BCUT2D eigenvalue weighted by molar-refractivity contribution is -0.141. The number of alkyl halides is 3. The highest BCUT2D eigenvalue weighted by Crippen LogP contribution is 2.40. The summed E-state index contributed by atoms with van der Waals surface area (Å²) in [7, 11) is 0. The number of benzene rings is 1. The van der Waals surface area contributed by atoms with Gasteiger partial charge in [0.1, 0.15) is 17.3 Å². The van der Waals surface area contributed by atoms with Crippen molar-refractivity contribution >= 4 is 23.4 Å². The minimum Gasteiger partial charge on any atom is -0.353 e. The molecule has 0 aliphatic heterocycles. The van der Waals surface area contributed by atoms with Gasteiger partial charge in [-0.3, -0.25) is 14.6 Å². The number of halogens is 6. The van der Waals surface area contributed by atoms with Crippen LogP contribution in [0, 0.1) is 23.5 Å². The van der Waals surface area contributed by atoms with Gasteiger partial charge in [-0.25, -0.2) is 8.78 Å². The van der Waals surface area contributed by atoms with Crippen LogP contribution in [-0.2, 0) is 22.2 Å². The molecule has 1 heterocycles. The molecule has 11 heteroatoms. The van der Waals surface area contributed by atoms with Gasteiger partial charge in [0.05, 0.1) is 17.5 Å². The second-order valence-corrected chi connectivity index (χ2v) is 9.85. The highest BCUT2D eigenvalue weighted by molar-refractivity contribution is 6.30. The zero-order valence-electron chi connectivity index (χ0n) is 19.2. The number of nitrogens with one attached hydrogen (secondary N) is 2. The van der Waals surface area contributed by atoms with Crippen molar-refractivity contribution in [2.24, 2.45) is 11.8 Å². The van der Waals surface area contributed by atoms with Gasteiger partial charge in [0.25, 0.3) is 0 Å². The molecule has 2 saturated carbocycles. The fraction of sp³-hybridized carbons (Fsp3) is 0.480. The lowest BCUT2D eigenvalue weighted by Gasteiger charge is -2.36. The average molecular weight is 530 g/mol. The molecule has 36 heavy (non-hydrogen) atoms. The van der Waals surface area contributed by atoms with Crippen LogP contribution in [-0.4, -0.2) is 22.8 Å². The minimum atomic E-state index is -4.55. The Morgan fingerprint density at radius 1 is 1.08 bits per heavy atom. The fourth-order valence-electron chi connectivity index (χ4n) is 4.93. The molecule has 5 nitrogen and oxygen atoms in total. The Morgan fingerprint density at radius 3 is 2.39 bits per heavy atom. The summed E-state index contributed by atoms with van der Waals surface area (Å²) >= 11 is 5.88. The number of amides is 2. The van der Waals surface area contributed by atoms with Crippen molar-refractivity contribution in [3.63, 3.8) is 0 Å². The van der Waals surface area contributed by atoms with Gasteiger partial charge in [-0.15, -0.1) is 0 Å². The molecule has 1 atom stereocenters. The molecule has 0 radical (unpaired) electrons. The third kappa shape index (κ3) is 5.96. The summed E-state index contributed by atoms with van der Waals surface area (Å²) in [5.74, 6) is -2.91. The third-order valence-electron chi connectivity index (χ3n) is 6.91. The monoisotopic (exact) mass is 529 g/mol. The average Bonchev–Trinajstić information content (AvgIpc) is 3.32. The van der Waals surface area contributed by atoms with Gasteiger partial charge in [-0.2, -0.15) is 13.2 Å². The van der Waals surface area contributed by atoms with E-state index in [1.165, 1.54) is 6.07 Å². The lowest BCUT2D eigenvalue weighted by atomic mass is 9.79. The van der Waals surface area contributed by atoms with Crippen LogP contribution < -0.4 is 10.6 Å². The van der Waals surface area contributed by atoms with E-state index in [0.29, 0.717) is 18.4 Å². The van der Waals surface area contributed by atoms with Crippen LogP contribution in [0.3, 0.4) is 0 Å². The van der Waals surface area contributed by atoms with Crippen LogP contribution in [0.15, 0.2) is 30.5 Å². The van der Waals surface area contributed by atoms with Crippen molar-refractivity contribution in [2.75, 3.05) is 0 Å². The second-order valence-electron chi connectivity index (χ2n) is 9.45. The lowest BCUT2D eigenvalue weighted by Crippen LogP contribution is -2.50. The first kappa shape index (κ1) is 26.3. The molecule has 2 fully saturated rings. The van der Waals surface area contributed by atoms with E-state index in [1.54, 1.807) is 0 Å². The number of pyridine rings is 1. The summed E-state index contributed by atoms with van der Waals surface area (Å²) in [5.41, 5.74) is -0.927. The normalized spacial score (nSPS) is 21.1. The highest BCUT2D eigenvalue weighted by atomic mass is 35.5. The van der Waals surface area contributed by atoms with Crippen molar-refractivity contribution in [1.82, 2.24) is 15.6 Å². The SMILES string of the molecule is O=C(Cc1ccc(C(F)(F)F)nc1)NC1CC(C(=O)N[C@H](c2c(F)ccc(Cl)c2F)C2CCCC2)C1. The number of carbonyl (C=O) groups excluding carboxylic acids is 2. The topological polar surface area (TPSA) is 71.1 Å². The van der Waals surface area contributed by atoms with E-state index in [2.05, 4.69) is 15.6 Å². The van der Waals surface area contributed by atoms with Gasteiger partial charge in [0.15, 0.2) is 0 Å². The standard InChI is InChI=1S/C25H25ClF5N3O2/c26-17-6-7-18(27)21(22(17)28)23(14-3-1-2-4-14)34-24(36)15-10-16(11-15)33-20(35)9-13-5-8-19(32-12-13)25(29,30)31/h5-8,12,14-16,23H,1-4,9-11H2,(H,33,35)(H,34,36)/t15?,16?,23-/m0/s1. The summed E-state index contributed by atoms with van der Waals surface area (Å²) < 4.78 is 67.2. The first-order chi connectivity index (χ1) is 17.0. The van der Waals surface area contributed by atoms with E-state index < -0.39 is 41.4 Å². The van der Waals surface area contributed by atoms with Gasteiger partial charge in [0.2, 0.25) is 11.8 Å². The molecule has 194 valence electrons. The molecular weight excluding hydrogens is 505 g/mol. The van der Waals surface area contributed by atoms with Crippen LogP contribution >= 0.6 is 11.6 Å². The Hall–Kier alpha value is -2.75. The maximum Gasteiger partial charge on any atom is 0.433 e. The van der Waals surface area contributed by atoms with Gasteiger partial charge >= 0.3 is 6.18 Å². The molecule has 4 rings (SSSR count). The quantitative estimate of drug-likeness (QED) is 0.367. The van der Waals surface area contributed by atoms with Crippen LogP contribution in [0.2, 0.25) is 5.02 Å². The Morgan fingerprint density at radius 2 is 1.78 bits per heavy atom. The van der Waals surface area contributed by atoms with Crippen molar-refractivity contribution in [1.29, 1.82) is 0 Å². The molecule has 2 aliphatic rings. The van der Waals surface area contributed by atoms with E-state index in [-0.39, 0.29) is 34.9 Å². The van der Waals surface area contributed by atoms with Gasteiger partial charge in [-0.1, -0.05) is 30.5 Å². The summed E-state index contributed by atoms with van der Waals surface area (Å²) in [6.45, 7) is 0. The molecule has 1 aromatic heterocycles. The molecule has 2 amide bonds. The van der Waals surface area contributed by atoms with E-state index in [4.69, 9.17) is 11.6 Å². The first-order valence-corrected chi connectivity index (χ1v) is 12.2. The summed E-state index contributed by atoms with van der Waals surface area (Å²) in [6, 6.07) is 3.14. The molecule has 1 aromatic carbocycles. The maximum absolute atomic E-state index is 14.7. The Balaban J connectivity index is 1.32. The van der Waals surface area contributed by atoms with Crippen molar-refractivity contribution in [2.45, 2.75) is 63.2 Å². The number of carbonyl (C=O) groups is 2. The molecular formula is C25H25ClF5N3O2. The second kappa shape index (κ2) is 10.7. The molecule has 0 spiro atoms. The minimum absolute atomic E-state index is 0.107. The summed E-state index contributed by atoms with van der Waals surface area (Å²) in [6.07, 6.45) is 0.299. The van der Waals surface area contributed by atoms with Gasteiger partial charge in [-0.05, 0) is 55.4 Å². The number of nitrogens with zero attached hydrogens (tertiary/aromatic N) is 1. The van der Waals surface area contributed by atoms with E-state index in [1.807, 2.05) is 0 Å². The molecule has 2 aromatic rings. The van der Waals surface area contributed by atoms with E-state index in [0.717, 1.165) is 50.1 Å². The maximum atomic E-state index is 14.7. The molecule has 0 bridgehead atoms. The molecule has 0 unspecified atom stereocenters. The number of hydrogen-bond donors (Lipinski definition) is 2. The Bertz CT molecular complexity index is 1110. The zero-order valence-corrected chi connectivity index (χ0v) is 19.9. The largest absolute Gasteiger partial charge is 0.433 e. The number of hydrogen-bond acceptors (Lipinski definition) is 3. The predicted molar refractivity (Wildman–Crippen MR) is 122 cm³/mol. The van der Waals surface area contributed by atoms with Crippen LogP contribution in [0.1, 0.15) is 61.4 Å². The number of aromatic nitrogens is 1. The summed E-state index contributed by atoms with van der Waals surface area (Å²) in [4.78, 5) is 28.5. The Kier molecular flexibility index (Phi) is 7.82. The van der Waals surface area contributed by atoms with E-state index in [9.17, 15) is 31.5 Å². The predicted octanol–water partition coefficient (Wildman–Crippen LogP) is 5.52. The molecule has 2 N–H and O–H groups in total.